The van der Waals surface area contributed by atoms with Gasteiger partial charge in [-0.3, -0.25) is 9.69 Å². The summed E-state index contributed by atoms with van der Waals surface area (Å²) in [5, 5.41) is 2.99. The van der Waals surface area contributed by atoms with Crippen LogP contribution in [0.4, 0.5) is 33.2 Å². The third-order valence-electron chi connectivity index (χ3n) is 10.8. The first-order valence-corrected chi connectivity index (χ1v) is 18.9. The first kappa shape index (κ1) is 39.2. The lowest BCUT2D eigenvalue weighted by Gasteiger charge is -2.43. The molecule has 4 heterocycles. The summed E-state index contributed by atoms with van der Waals surface area (Å²) in [6.07, 6.45) is -4.03. The normalized spacial score (nSPS) is 20.1. The van der Waals surface area contributed by atoms with Gasteiger partial charge in [-0.15, -0.1) is 0 Å². The lowest BCUT2D eigenvalue weighted by atomic mass is 10.00. The Kier molecular flexibility index (Phi) is 11.9. The zero-order chi connectivity index (χ0) is 38.6. The van der Waals surface area contributed by atoms with Crippen molar-refractivity contribution in [1.82, 2.24) is 24.5 Å². The van der Waals surface area contributed by atoms with Crippen molar-refractivity contribution < 1.29 is 41.8 Å². The van der Waals surface area contributed by atoms with Crippen LogP contribution in [0, 0.1) is 0 Å². The van der Waals surface area contributed by atoms with Gasteiger partial charge in [-0.1, -0.05) is 36.4 Å². The minimum absolute atomic E-state index is 0.0903. The molecule has 1 atom stereocenters. The topological polar surface area (TPSA) is 115 Å². The van der Waals surface area contributed by atoms with E-state index in [1.165, 1.54) is 17.0 Å². The number of amides is 5. The van der Waals surface area contributed by atoms with Crippen molar-refractivity contribution in [2.45, 2.75) is 89.3 Å². The van der Waals surface area contributed by atoms with Gasteiger partial charge in [-0.05, 0) is 76.1 Å². The molecule has 54 heavy (non-hydrogen) atoms. The number of benzene rings is 2. The molecule has 15 heteroatoms. The second kappa shape index (κ2) is 16.5. The highest BCUT2D eigenvalue weighted by molar-refractivity contribution is 5.91. The number of rotatable bonds is 6. The molecule has 0 bridgehead atoms. The van der Waals surface area contributed by atoms with Gasteiger partial charge < -0.3 is 34.4 Å². The maximum atomic E-state index is 14.0. The minimum atomic E-state index is -4.57. The first-order valence-electron chi connectivity index (χ1n) is 18.9. The van der Waals surface area contributed by atoms with Gasteiger partial charge >= 0.3 is 24.4 Å². The lowest BCUT2D eigenvalue weighted by Crippen LogP contribution is -2.56. The van der Waals surface area contributed by atoms with Crippen LogP contribution in [0.5, 0.6) is 0 Å². The molecule has 3 fully saturated rings. The largest absolute Gasteiger partial charge is 0.444 e. The van der Waals surface area contributed by atoms with Gasteiger partial charge in [0.1, 0.15) is 5.60 Å². The van der Waals surface area contributed by atoms with Crippen LogP contribution in [0.2, 0.25) is 0 Å². The van der Waals surface area contributed by atoms with Crippen molar-refractivity contribution in [2.75, 3.05) is 64.2 Å². The zero-order valence-electron chi connectivity index (χ0n) is 31.3. The Balaban J connectivity index is 1.06. The molecule has 0 aromatic heterocycles. The van der Waals surface area contributed by atoms with Gasteiger partial charge in [-0.2, -0.15) is 13.2 Å². The smallest absolute Gasteiger partial charge is 0.416 e. The van der Waals surface area contributed by atoms with E-state index in [1.807, 2.05) is 49.9 Å². The highest BCUT2D eigenvalue weighted by atomic mass is 19.4. The standard InChI is InChI=1S/C39H51F3N6O6/c1-38(2,3)54-37(52)47-23-21-44(22-24-47)30-12-16-45(17-13-30)34(49)33(26-27-7-6-9-29(25-27)39(40,41)42)53-36(51)46-18-14-31(15-19-46)48-20-11-28-8-4-5-10-32(28)43-35(48)50/h4-10,25,30-31,33H,11-24,26H2,1-3H3,(H,43,50). The van der Waals surface area contributed by atoms with Crippen molar-refractivity contribution in [3.63, 3.8) is 0 Å². The van der Waals surface area contributed by atoms with Crippen molar-refractivity contribution >= 4 is 29.8 Å². The number of anilines is 1. The maximum absolute atomic E-state index is 14.0. The predicted molar refractivity (Wildman–Crippen MR) is 195 cm³/mol. The van der Waals surface area contributed by atoms with Gasteiger partial charge in [0.15, 0.2) is 6.10 Å². The van der Waals surface area contributed by atoms with Crippen LogP contribution < -0.4 is 5.32 Å². The van der Waals surface area contributed by atoms with Crippen LogP contribution >= 0.6 is 0 Å². The Hall–Kier alpha value is -4.53. The number of likely N-dealkylation sites (tertiary alicyclic amines) is 2. The number of urea groups is 1. The summed E-state index contributed by atoms with van der Waals surface area (Å²) in [5.41, 5.74) is 0.685. The molecular formula is C39H51F3N6O6. The van der Waals surface area contributed by atoms with Crippen molar-refractivity contribution in [1.29, 1.82) is 0 Å². The molecule has 6 rings (SSSR count). The fraction of sp³-hybridized carbons (Fsp3) is 0.590. The fourth-order valence-electron chi connectivity index (χ4n) is 7.81. The van der Waals surface area contributed by atoms with Crippen LogP contribution in [0.3, 0.4) is 0 Å². The Bertz CT molecular complexity index is 1660. The van der Waals surface area contributed by atoms with E-state index in [9.17, 15) is 32.3 Å². The van der Waals surface area contributed by atoms with E-state index in [-0.39, 0.29) is 36.2 Å². The van der Waals surface area contributed by atoms with Crippen LogP contribution in [0.15, 0.2) is 48.5 Å². The number of alkyl halides is 3. The minimum Gasteiger partial charge on any atom is -0.444 e. The van der Waals surface area contributed by atoms with Crippen LogP contribution in [0.1, 0.15) is 63.1 Å². The molecule has 294 valence electrons. The molecule has 1 unspecified atom stereocenters. The van der Waals surface area contributed by atoms with Crippen LogP contribution in [-0.4, -0.2) is 131 Å². The summed E-state index contributed by atoms with van der Waals surface area (Å²) >= 11 is 0. The fourth-order valence-corrected chi connectivity index (χ4v) is 7.81. The molecule has 4 aliphatic rings. The lowest BCUT2D eigenvalue weighted by molar-refractivity contribution is -0.142. The number of piperazine rings is 1. The van der Waals surface area contributed by atoms with E-state index >= 15 is 0 Å². The van der Waals surface area contributed by atoms with Gasteiger partial charge in [0, 0.05) is 83.1 Å². The van der Waals surface area contributed by atoms with E-state index in [1.54, 1.807) is 9.80 Å². The number of fused-ring (bicyclic) bond motifs is 1. The summed E-state index contributed by atoms with van der Waals surface area (Å²) in [7, 11) is 0. The summed E-state index contributed by atoms with van der Waals surface area (Å²) in [4.78, 5) is 62.2. The predicted octanol–water partition coefficient (Wildman–Crippen LogP) is 5.85. The quantitative estimate of drug-likeness (QED) is 0.394. The summed E-state index contributed by atoms with van der Waals surface area (Å²) in [6, 6.07) is 12.4. The Labute approximate surface area is 314 Å². The molecule has 3 saturated heterocycles. The zero-order valence-corrected chi connectivity index (χ0v) is 31.3. The molecule has 1 N–H and O–H groups in total. The third kappa shape index (κ3) is 9.76. The van der Waals surface area contributed by atoms with Gasteiger partial charge in [0.25, 0.3) is 5.91 Å². The highest BCUT2D eigenvalue weighted by Gasteiger charge is 2.38. The van der Waals surface area contributed by atoms with Crippen molar-refractivity contribution in [3.8, 4) is 0 Å². The average Bonchev–Trinajstić information content (AvgIpc) is 3.31. The average molecular weight is 757 g/mol. The van der Waals surface area contributed by atoms with Crippen molar-refractivity contribution in [3.05, 3.63) is 65.2 Å². The number of hydrogen-bond acceptors (Lipinski definition) is 7. The number of para-hydroxylation sites is 1. The van der Waals surface area contributed by atoms with E-state index in [4.69, 9.17) is 9.47 Å². The number of piperidine rings is 2. The van der Waals surface area contributed by atoms with Gasteiger partial charge in [-0.25, -0.2) is 14.4 Å². The third-order valence-corrected chi connectivity index (χ3v) is 10.8. The van der Waals surface area contributed by atoms with E-state index in [2.05, 4.69) is 10.2 Å². The summed E-state index contributed by atoms with van der Waals surface area (Å²) in [6.45, 7) is 9.91. The van der Waals surface area contributed by atoms with Gasteiger partial charge in [0.05, 0.1) is 5.56 Å². The number of halogens is 3. The number of carbonyl (C=O) groups is 4. The molecule has 0 spiro atoms. The molecule has 12 nitrogen and oxygen atoms in total. The monoisotopic (exact) mass is 756 g/mol. The van der Waals surface area contributed by atoms with Crippen LogP contribution in [0.25, 0.3) is 0 Å². The van der Waals surface area contributed by atoms with E-state index in [0.717, 1.165) is 23.4 Å². The Morgan fingerprint density at radius 1 is 0.778 bits per heavy atom. The molecule has 0 aliphatic carbocycles. The number of nitrogens with one attached hydrogen (secondary N) is 1. The molecule has 2 aromatic rings. The molecule has 2 aromatic carbocycles. The molecular weight excluding hydrogens is 705 g/mol. The molecule has 5 amide bonds. The summed E-state index contributed by atoms with van der Waals surface area (Å²) < 4.78 is 52.1. The maximum Gasteiger partial charge on any atom is 0.416 e. The van der Waals surface area contributed by atoms with E-state index in [0.29, 0.717) is 91.0 Å². The number of ether oxygens (including phenoxy) is 2. The van der Waals surface area contributed by atoms with Crippen molar-refractivity contribution in [2.24, 2.45) is 0 Å². The summed E-state index contributed by atoms with van der Waals surface area (Å²) in [5.74, 6) is -0.440. The Morgan fingerprint density at radius 3 is 2.07 bits per heavy atom. The second-order valence-corrected chi connectivity index (χ2v) is 15.6. The molecule has 0 saturated carbocycles. The number of nitrogens with zero attached hydrogens (tertiary/aromatic N) is 5. The first-order chi connectivity index (χ1) is 25.6. The SMILES string of the molecule is CC(C)(C)OC(=O)N1CCN(C2CCN(C(=O)C(Cc3cccc(C(F)(F)F)c3)OC(=O)N3CCC(N4CCc5ccccc5NC4=O)CC3)CC2)CC1. The Morgan fingerprint density at radius 2 is 1.41 bits per heavy atom. The molecule has 0 radical (unpaired) electrons. The van der Waals surface area contributed by atoms with E-state index < -0.39 is 35.4 Å². The van der Waals surface area contributed by atoms with Crippen LogP contribution in [-0.2, 0) is 33.3 Å². The molecule has 4 aliphatic heterocycles. The van der Waals surface area contributed by atoms with Gasteiger partial charge in [0.2, 0.25) is 0 Å². The second-order valence-electron chi connectivity index (χ2n) is 15.6. The number of hydrogen-bond donors (Lipinski definition) is 1. The highest BCUT2D eigenvalue weighted by Crippen LogP contribution is 2.31. The number of carbonyl (C=O) groups excluding carboxylic acids is 4.